The van der Waals surface area contributed by atoms with Crippen LogP contribution in [0.5, 0.6) is 5.75 Å². The van der Waals surface area contributed by atoms with E-state index in [1.165, 1.54) is 4.90 Å². The number of esters is 1. The number of aliphatic hydroxyl groups is 2. The fourth-order valence-electron chi connectivity index (χ4n) is 10.5. The Labute approximate surface area is 382 Å². The number of amides is 1. The Morgan fingerprint density at radius 1 is 0.969 bits per heavy atom. The number of carbonyl (C=O) groups excluding carboxylic acids is 4. The normalized spacial score (nSPS) is 36.3. The van der Waals surface area contributed by atoms with Crippen LogP contribution in [0.25, 0.3) is 0 Å². The molecule has 0 aromatic heterocycles. The van der Waals surface area contributed by atoms with Crippen LogP contribution in [0.1, 0.15) is 126 Å². The molecule has 1 amide bonds. The van der Waals surface area contributed by atoms with Crippen molar-refractivity contribution in [3.8, 4) is 5.75 Å². The van der Waals surface area contributed by atoms with Crippen molar-refractivity contribution >= 4 is 23.4 Å². The van der Waals surface area contributed by atoms with Gasteiger partial charge in [0.1, 0.15) is 35.9 Å². The summed E-state index contributed by atoms with van der Waals surface area (Å²) in [5.41, 5.74) is 1.92. The van der Waals surface area contributed by atoms with E-state index >= 15 is 0 Å². The standard InChI is InChI=1S/C51H78N2O11/c1-10-38-25-31(2)24-32(3)26-44(60-8)47-45(61-9)28-35(6)51(59,64-47)48(56)49(57)53-23-15-14-18-41(53)50(58)63-46(33(4)19-22-42(38)55)34(5)27-37-20-21-40(52-30-36(7)54)43(29-37)62-39-16-12-11-13-17-39/h11-13,16-17,25,27,32-33,35-38,40-41,43-47,52,54,59H,10,14-15,18-24,26,28-30H2,1-9H3/t32?,33?,35?,36-,37?,38?,40?,41?,43?,44?,45?,46?,47?,51?/m1/s1. The highest BCUT2D eigenvalue weighted by molar-refractivity contribution is 6.39. The van der Waals surface area contributed by atoms with E-state index in [1.54, 1.807) is 28.1 Å². The molecule has 0 spiro atoms. The maximum Gasteiger partial charge on any atom is 0.329 e. The Morgan fingerprint density at radius 2 is 1.67 bits per heavy atom. The van der Waals surface area contributed by atoms with Crippen molar-refractivity contribution in [3.05, 3.63) is 53.6 Å². The van der Waals surface area contributed by atoms with Crippen LogP contribution >= 0.6 is 0 Å². The first-order valence-electron chi connectivity index (χ1n) is 24.0. The third-order valence-electron chi connectivity index (χ3n) is 14.2. The summed E-state index contributed by atoms with van der Waals surface area (Å²) < 4.78 is 31.2. The van der Waals surface area contributed by atoms with Crippen LogP contribution in [0.15, 0.2) is 53.6 Å². The topological polar surface area (TPSA) is 170 Å². The van der Waals surface area contributed by atoms with Crippen molar-refractivity contribution in [2.24, 2.45) is 29.6 Å². The number of nitrogens with zero attached hydrogens (tertiary/aromatic N) is 1. The Hall–Kier alpha value is -3.46. The van der Waals surface area contributed by atoms with Gasteiger partial charge in [-0.15, -0.1) is 0 Å². The van der Waals surface area contributed by atoms with Crippen LogP contribution in [0, 0.1) is 29.6 Å². The number of ether oxygens (including phenoxy) is 5. The van der Waals surface area contributed by atoms with Gasteiger partial charge < -0.3 is 44.1 Å². The van der Waals surface area contributed by atoms with Gasteiger partial charge in [0.05, 0.1) is 18.3 Å². The lowest BCUT2D eigenvalue weighted by Crippen LogP contribution is -2.64. The van der Waals surface area contributed by atoms with E-state index in [-0.39, 0.29) is 54.6 Å². The van der Waals surface area contributed by atoms with Gasteiger partial charge in [-0.25, -0.2) is 4.79 Å². The van der Waals surface area contributed by atoms with Crippen LogP contribution in [0.2, 0.25) is 0 Å². The summed E-state index contributed by atoms with van der Waals surface area (Å²) in [6.45, 7) is 14.1. The van der Waals surface area contributed by atoms with Gasteiger partial charge in [0.25, 0.3) is 11.7 Å². The number of methoxy groups -OCH3 is 2. The minimum atomic E-state index is -2.48. The van der Waals surface area contributed by atoms with E-state index in [2.05, 4.69) is 24.4 Å². The third kappa shape index (κ3) is 13.1. The first kappa shape index (κ1) is 51.5. The maximum atomic E-state index is 14.5. The van der Waals surface area contributed by atoms with Crippen molar-refractivity contribution in [1.82, 2.24) is 10.2 Å². The molecular weight excluding hydrogens is 817 g/mol. The van der Waals surface area contributed by atoms with Gasteiger partial charge in [0, 0.05) is 51.6 Å². The molecule has 358 valence electrons. The second kappa shape index (κ2) is 23.8. The van der Waals surface area contributed by atoms with Crippen LogP contribution in [-0.4, -0.2) is 120 Å². The molecule has 3 fully saturated rings. The number of nitrogens with one attached hydrogen (secondary N) is 1. The van der Waals surface area contributed by atoms with Crippen LogP contribution in [-0.2, 0) is 38.1 Å². The van der Waals surface area contributed by atoms with Crippen LogP contribution < -0.4 is 10.1 Å². The highest BCUT2D eigenvalue weighted by atomic mass is 16.7. The van der Waals surface area contributed by atoms with Crippen molar-refractivity contribution in [3.63, 3.8) is 0 Å². The Kier molecular flexibility index (Phi) is 19.2. The van der Waals surface area contributed by atoms with Gasteiger partial charge in [0.15, 0.2) is 0 Å². The van der Waals surface area contributed by atoms with E-state index in [0.29, 0.717) is 64.3 Å². The number of allylic oxidation sites excluding steroid dienone is 3. The molecular formula is C51H78N2O11. The minimum Gasteiger partial charge on any atom is -0.489 e. The van der Waals surface area contributed by atoms with E-state index in [4.69, 9.17) is 23.7 Å². The molecule has 13 unspecified atom stereocenters. The summed E-state index contributed by atoms with van der Waals surface area (Å²) >= 11 is 0. The molecule has 3 aliphatic heterocycles. The predicted octanol–water partition coefficient (Wildman–Crippen LogP) is 6.91. The number of hydrogen-bond acceptors (Lipinski definition) is 12. The molecule has 13 nitrogen and oxygen atoms in total. The number of piperidine rings is 1. The lowest BCUT2D eigenvalue weighted by Gasteiger charge is -2.47. The van der Waals surface area contributed by atoms with Crippen LogP contribution in [0.3, 0.4) is 0 Å². The predicted molar refractivity (Wildman–Crippen MR) is 244 cm³/mol. The number of Topliss-reactive ketones (excluding diaryl/α,β-unsaturated/α-hetero) is 2. The number of fused-ring (bicyclic) bond motifs is 3. The number of cyclic esters (lactones) is 1. The van der Waals surface area contributed by atoms with E-state index < -0.39 is 65.9 Å². The van der Waals surface area contributed by atoms with E-state index in [9.17, 15) is 29.4 Å². The molecule has 1 aromatic rings. The molecule has 1 aromatic carbocycles. The third-order valence-corrected chi connectivity index (χ3v) is 14.2. The molecule has 13 heteroatoms. The van der Waals surface area contributed by atoms with Crippen molar-refractivity contribution in [2.75, 3.05) is 27.3 Å². The smallest absolute Gasteiger partial charge is 0.329 e. The largest absolute Gasteiger partial charge is 0.489 e. The fraction of sp³-hybridized carbons (Fsp3) is 0.725. The van der Waals surface area contributed by atoms with Gasteiger partial charge in [-0.1, -0.05) is 63.6 Å². The number of benzene rings is 1. The monoisotopic (exact) mass is 895 g/mol. The molecule has 2 saturated heterocycles. The van der Waals surface area contributed by atoms with Gasteiger partial charge >= 0.3 is 5.97 Å². The summed E-state index contributed by atoms with van der Waals surface area (Å²) in [6, 6.07) is 8.66. The Morgan fingerprint density at radius 3 is 2.34 bits per heavy atom. The first-order chi connectivity index (χ1) is 30.5. The average Bonchev–Trinajstić information content (AvgIpc) is 3.28. The summed E-state index contributed by atoms with van der Waals surface area (Å²) in [5.74, 6) is -5.49. The Balaban J connectivity index is 1.48. The molecule has 3 N–H and O–H groups in total. The molecule has 14 atom stereocenters. The molecule has 5 rings (SSSR count). The number of carbonyl (C=O) groups is 4. The molecule has 64 heavy (non-hydrogen) atoms. The van der Waals surface area contributed by atoms with E-state index in [1.807, 2.05) is 58.0 Å². The lowest BCUT2D eigenvalue weighted by atomic mass is 9.81. The summed E-state index contributed by atoms with van der Waals surface area (Å²) in [5, 5.41) is 25.7. The SMILES string of the molecule is CCC1C=C(C)CC(C)CC(OC)C2OC(O)(C(=O)C(=O)N3CCCCC3C(=O)OC(C(C)=CC3CCC(NC[C@@H](C)O)C(Oc4ccccc4)C3)C(C)CCC1=O)C(C)CC2OC. The molecule has 1 aliphatic carbocycles. The zero-order valence-electron chi connectivity index (χ0n) is 40.0. The van der Waals surface area contributed by atoms with Crippen molar-refractivity contribution < 1.29 is 53.1 Å². The molecule has 3 heterocycles. The minimum absolute atomic E-state index is 0.0235. The zero-order valence-corrected chi connectivity index (χ0v) is 40.0. The summed E-state index contributed by atoms with van der Waals surface area (Å²) in [6.07, 6.45) is 7.58. The summed E-state index contributed by atoms with van der Waals surface area (Å²) in [4.78, 5) is 58.5. The highest BCUT2D eigenvalue weighted by Crippen LogP contribution is 2.39. The molecule has 2 bridgehead atoms. The second-order valence-corrected chi connectivity index (χ2v) is 19.5. The quantitative estimate of drug-likeness (QED) is 0.126. The number of para-hydroxylation sites is 1. The number of rotatable bonds is 10. The maximum absolute atomic E-state index is 14.5. The average molecular weight is 895 g/mol. The van der Waals surface area contributed by atoms with Gasteiger partial charge in [-0.3, -0.25) is 14.4 Å². The van der Waals surface area contributed by atoms with Gasteiger partial charge in [0.2, 0.25) is 5.79 Å². The molecule has 1 saturated carbocycles. The van der Waals surface area contributed by atoms with Gasteiger partial charge in [-0.05, 0) is 127 Å². The highest BCUT2D eigenvalue weighted by Gasteiger charge is 2.56. The van der Waals surface area contributed by atoms with Gasteiger partial charge in [-0.2, -0.15) is 0 Å². The van der Waals surface area contributed by atoms with E-state index in [0.717, 1.165) is 29.7 Å². The molecule has 4 aliphatic rings. The Bertz CT molecular complexity index is 1770. The van der Waals surface area contributed by atoms with Crippen LogP contribution in [0.4, 0.5) is 0 Å². The van der Waals surface area contributed by atoms with Crippen molar-refractivity contribution in [1.29, 1.82) is 0 Å². The summed E-state index contributed by atoms with van der Waals surface area (Å²) in [7, 11) is 3.11. The first-order valence-corrected chi connectivity index (χ1v) is 24.0. The number of hydrogen-bond donors (Lipinski definition) is 3. The number of aliphatic hydroxyl groups excluding tert-OH is 1. The zero-order chi connectivity index (χ0) is 46.7. The fourth-order valence-corrected chi connectivity index (χ4v) is 10.5. The number of ketones is 2. The van der Waals surface area contributed by atoms with Crippen molar-refractivity contribution in [2.45, 2.75) is 180 Å². The molecule has 0 radical (unpaired) electrons. The lowest BCUT2D eigenvalue weighted by molar-refractivity contribution is -0.302. The second-order valence-electron chi connectivity index (χ2n) is 19.5.